The van der Waals surface area contributed by atoms with Gasteiger partial charge in [-0.15, -0.1) is 0 Å². The van der Waals surface area contributed by atoms with Crippen LogP contribution in [0.15, 0.2) is 30.4 Å². The van der Waals surface area contributed by atoms with Gasteiger partial charge in [0.2, 0.25) is 11.8 Å². The summed E-state index contributed by atoms with van der Waals surface area (Å²) in [4.78, 5) is 31.4. The zero-order valence-corrected chi connectivity index (χ0v) is 26.2. The standard InChI is InChI=1S/C32H48N8O3/c1-31(2)12-6-7-13-39-29(42)22-15-33-30(34-21-8-9-23-20(14-21)16-37(5)19-32(23,3)4)36-27(22)40(39)25-11-10-24-28(35-25)38(18-31)26(41)17-43-24/h6-9,14,22,24-25,27-28,30,33-36H,10-13,15-19H2,1-5H3/b7-6-. The number of benzene rings is 1. The number of nitrogens with one attached hydrogen (secondary N) is 4. The third-order valence-corrected chi connectivity index (χ3v) is 10.2. The zero-order chi connectivity index (χ0) is 30.1. The van der Waals surface area contributed by atoms with Crippen molar-refractivity contribution in [2.45, 2.75) is 89.8 Å². The summed E-state index contributed by atoms with van der Waals surface area (Å²) in [5, 5.41) is 18.9. The number of anilines is 1. The van der Waals surface area contributed by atoms with Gasteiger partial charge in [-0.05, 0) is 55.0 Å². The van der Waals surface area contributed by atoms with E-state index in [2.05, 4.69) is 96.3 Å². The molecule has 6 aliphatic rings. The van der Waals surface area contributed by atoms with Crippen molar-refractivity contribution in [2.75, 3.05) is 45.2 Å². The number of hydrogen-bond acceptors (Lipinski definition) is 9. The fourth-order valence-corrected chi connectivity index (χ4v) is 8.27. The van der Waals surface area contributed by atoms with Crippen molar-refractivity contribution < 1.29 is 14.3 Å². The summed E-state index contributed by atoms with van der Waals surface area (Å²) >= 11 is 0. The first-order valence-electron chi connectivity index (χ1n) is 16.0. The molecular weight excluding hydrogens is 544 g/mol. The fraction of sp³-hybridized carbons (Fsp3) is 0.688. The third kappa shape index (κ3) is 5.38. The molecular formula is C32H48N8O3. The smallest absolute Gasteiger partial charge is 0.249 e. The highest BCUT2D eigenvalue weighted by Crippen LogP contribution is 2.37. The van der Waals surface area contributed by atoms with Crippen LogP contribution in [0.5, 0.6) is 0 Å². The number of ether oxygens (including phenoxy) is 1. The largest absolute Gasteiger partial charge is 0.365 e. The van der Waals surface area contributed by atoms with E-state index in [0.29, 0.717) is 19.6 Å². The molecule has 6 heterocycles. The maximum atomic E-state index is 13.9. The van der Waals surface area contributed by atoms with Crippen molar-refractivity contribution in [1.82, 2.24) is 35.8 Å². The molecule has 2 bridgehead atoms. The first-order chi connectivity index (χ1) is 20.5. The summed E-state index contributed by atoms with van der Waals surface area (Å²) in [6.07, 6.45) is 6.00. The van der Waals surface area contributed by atoms with Crippen LogP contribution in [0.2, 0.25) is 0 Å². The number of hydrazine groups is 1. The summed E-state index contributed by atoms with van der Waals surface area (Å²) in [6.45, 7) is 12.9. The van der Waals surface area contributed by atoms with Crippen LogP contribution < -0.4 is 21.3 Å². The Morgan fingerprint density at radius 1 is 1.02 bits per heavy atom. The molecule has 11 nitrogen and oxygen atoms in total. The van der Waals surface area contributed by atoms with Crippen LogP contribution in [0.25, 0.3) is 0 Å². The number of likely N-dealkylation sites (N-methyl/N-ethyl adjacent to an activating group) is 1. The maximum Gasteiger partial charge on any atom is 0.249 e. The van der Waals surface area contributed by atoms with Gasteiger partial charge in [-0.2, -0.15) is 5.01 Å². The molecule has 43 heavy (non-hydrogen) atoms. The number of morpholine rings is 1. The van der Waals surface area contributed by atoms with E-state index in [-0.39, 0.29) is 66.1 Å². The molecule has 6 atom stereocenters. The predicted octanol–water partition coefficient (Wildman–Crippen LogP) is 1.55. The highest BCUT2D eigenvalue weighted by atomic mass is 16.5. The molecule has 1 aromatic carbocycles. The second-order valence-corrected chi connectivity index (χ2v) is 14.8. The lowest BCUT2D eigenvalue weighted by molar-refractivity contribution is -0.179. The second kappa shape index (κ2) is 10.8. The van der Waals surface area contributed by atoms with E-state index in [0.717, 1.165) is 38.0 Å². The Hall–Kier alpha value is -2.54. The van der Waals surface area contributed by atoms with Gasteiger partial charge in [-0.25, -0.2) is 0 Å². The van der Waals surface area contributed by atoms with E-state index in [9.17, 15) is 9.59 Å². The Balaban J connectivity index is 1.14. The number of amides is 2. The van der Waals surface area contributed by atoms with Crippen molar-refractivity contribution in [3.8, 4) is 0 Å². The van der Waals surface area contributed by atoms with E-state index in [1.54, 1.807) is 0 Å². The van der Waals surface area contributed by atoms with Gasteiger partial charge in [0.25, 0.3) is 0 Å². The monoisotopic (exact) mass is 592 g/mol. The number of nitrogens with zero attached hydrogens (tertiary/aromatic N) is 4. The number of rotatable bonds is 2. The molecule has 0 radical (unpaired) electrons. The Kier molecular flexibility index (Phi) is 7.34. The number of fused-ring (bicyclic) bond motifs is 6. The molecule has 6 aliphatic heterocycles. The van der Waals surface area contributed by atoms with Crippen molar-refractivity contribution >= 4 is 17.5 Å². The first-order valence-corrected chi connectivity index (χ1v) is 16.0. The van der Waals surface area contributed by atoms with Gasteiger partial charge in [0.15, 0.2) is 0 Å². The molecule has 6 unspecified atom stereocenters. The van der Waals surface area contributed by atoms with Gasteiger partial charge in [0.05, 0.1) is 30.9 Å². The van der Waals surface area contributed by atoms with Crippen LogP contribution in [0.4, 0.5) is 5.69 Å². The van der Waals surface area contributed by atoms with Crippen molar-refractivity contribution in [3.05, 3.63) is 41.5 Å². The molecule has 2 amide bonds. The lowest BCUT2D eigenvalue weighted by atomic mass is 9.78. The average Bonchev–Trinajstić information content (AvgIpc) is 3.21. The summed E-state index contributed by atoms with van der Waals surface area (Å²) in [5.41, 5.74) is 3.85. The molecule has 0 saturated carbocycles. The fourth-order valence-electron chi connectivity index (χ4n) is 8.27. The third-order valence-electron chi connectivity index (χ3n) is 10.2. The van der Waals surface area contributed by atoms with Crippen molar-refractivity contribution in [3.63, 3.8) is 0 Å². The van der Waals surface area contributed by atoms with Crippen LogP contribution in [0.3, 0.4) is 0 Å². The number of carbonyl (C=O) groups is 2. The van der Waals surface area contributed by atoms with Crippen molar-refractivity contribution in [2.24, 2.45) is 11.3 Å². The maximum absolute atomic E-state index is 13.9. The molecule has 4 N–H and O–H groups in total. The van der Waals surface area contributed by atoms with E-state index in [1.807, 2.05) is 9.91 Å². The van der Waals surface area contributed by atoms with Gasteiger partial charge >= 0.3 is 0 Å². The number of hydrogen-bond donors (Lipinski definition) is 4. The van der Waals surface area contributed by atoms with Crippen molar-refractivity contribution in [1.29, 1.82) is 0 Å². The van der Waals surface area contributed by atoms with Crippen LogP contribution in [0, 0.1) is 11.3 Å². The van der Waals surface area contributed by atoms with E-state index in [1.165, 1.54) is 11.1 Å². The molecule has 4 saturated heterocycles. The molecule has 0 spiro atoms. The Labute approximate surface area is 255 Å². The van der Waals surface area contributed by atoms with Crippen LogP contribution in [-0.4, -0.2) is 102 Å². The first kappa shape index (κ1) is 29.2. The highest BCUT2D eigenvalue weighted by molar-refractivity contribution is 5.82. The number of carbonyl (C=O) groups excluding carboxylic acids is 2. The summed E-state index contributed by atoms with van der Waals surface area (Å²) in [7, 11) is 2.18. The summed E-state index contributed by atoms with van der Waals surface area (Å²) in [6, 6.07) is 6.71. The Morgan fingerprint density at radius 2 is 1.86 bits per heavy atom. The van der Waals surface area contributed by atoms with Crippen LogP contribution >= 0.6 is 0 Å². The van der Waals surface area contributed by atoms with Gasteiger partial charge in [0.1, 0.15) is 19.1 Å². The highest BCUT2D eigenvalue weighted by Gasteiger charge is 2.54. The lowest BCUT2D eigenvalue weighted by Crippen LogP contribution is -2.72. The second-order valence-electron chi connectivity index (χ2n) is 14.8. The molecule has 0 aliphatic carbocycles. The van der Waals surface area contributed by atoms with Crippen LogP contribution in [0.1, 0.15) is 58.1 Å². The molecule has 7 rings (SSSR count). The van der Waals surface area contributed by atoms with E-state index < -0.39 is 0 Å². The van der Waals surface area contributed by atoms with Gasteiger partial charge in [-0.3, -0.25) is 30.5 Å². The van der Waals surface area contributed by atoms with Crippen LogP contribution in [-0.2, 0) is 26.3 Å². The molecule has 234 valence electrons. The number of allylic oxidation sites excluding steroid dienone is 1. The SMILES string of the molecule is CN1Cc2cc(NC3NCC4C(=O)N5C/C=C\CC(C)(C)CN6C(=O)COC7CCC(NC76)N5C4N3)ccc2C(C)(C)C1. The summed E-state index contributed by atoms with van der Waals surface area (Å²) in [5.74, 6) is -0.0642. The van der Waals surface area contributed by atoms with E-state index in [4.69, 9.17) is 4.74 Å². The molecule has 1 aromatic rings. The van der Waals surface area contributed by atoms with E-state index >= 15 is 0 Å². The molecule has 4 fully saturated rings. The minimum atomic E-state index is -0.217. The number of piperidine rings is 1. The zero-order valence-electron chi connectivity index (χ0n) is 26.2. The normalized spacial score (nSPS) is 36.6. The molecule has 0 aromatic heterocycles. The topological polar surface area (TPSA) is 104 Å². The van der Waals surface area contributed by atoms with Gasteiger partial charge in [-0.1, -0.05) is 45.9 Å². The van der Waals surface area contributed by atoms with Gasteiger partial charge < -0.3 is 19.9 Å². The summed E-state index contributed by atoms with van der Waals surface area (Å²) < 4.78 is 6.02. The Morgan fingerprint density at radius 3 is 2.70 bits per heavy atom. The lowest BCUT2D eigenvalue weighted by Gasteiger charge is -2.51. The predicted molar refractivity (Wildman–Crippen MR) is 164 cm³/mol. The minimum absolute atomic E-state index is 0.0274. The van der Waals surface area contributed by atoms with Gasteiger partial charge in [0, 0.05) is 37.3 Å². The molecule has 11 heteroatoms. The quantitative estimate of drug-likeness (QED) is 0.381. The Bertz CT molecular complexity index is 1300. The minimum Gasteiger partial charge on any atom is -0.365 e. The average molecular weight is 593 g/mol.